The van der Waals surface area contributed by atoms with Crippen LogP contribution in [0.2, 0.25) is 0 Å². The molecular formula is C27H27N5S. The molecule has 6 heteroatoms. The van der Waals surface area contributed by atoms with Crippen molar-refractivity contribution in [2.45, 2.75) is 39.0 Å². The van der Waals surface area contributed by atoms with Crippen molar-refractivity contribution in [3.63, 3.8) is 0 Å². The van der Waals surface area contributed by atoms with Crippen molar-refractivity contribution in [1.82, 2.24) is 19.9 Å². The molecule has 33 heavy (non-hydrogen) atoms. The van der Waals surface area contributed by atoms with Crippen LogP contribution in [0, 0.1) is 5.92 Å². The number of hydrogen-bond donors (Lipinski definition) is 2. The van der Waals surface area contributed by atoms with Crippen LogP contribution in [0.1, 0.15) is 35.8 Å². The Morgan fingerprint density at radius 1 is 1.06 bits per heavy atom. The van der Waals surface area contributed by atoms with E-state index < -0.39 is 0 Å². The zero-order valence-electron chi connectivity index (χ0n) is 18.8. The van der Waals surface area contributed by atoms with Gasteiger partial charge in [-0.25, -0.2) is 9.97 Å². The molecule has 4 heterocycles. The molecule has 2 N–H and O–H groups in total. The van der Waals surface area contributed by atoms with E-state index >= 15 is 0 Å². The summed E-state index contributed by atoms with van der Waals surface area (Å²) in [7, 11) is 0. The summed E-state index contributed by atoms with van der Waals surface area (Å²) in [6.45, 7) is 3.17. The van der Waals surface area contributed by atoms with E-state index in [4.69, 9.17) is 9.97 Å². The molecule has 0 saturated heterocycles. The lowest BCUT2D eigenvalue weighted by molar-refractivity contribution is 0.613. The Kier molecular flexibility index (Phi) is 5.30. The fourth-order valence-corrected chi connectivity index (χ4v) is 6.20. The molecule has 0 aliphatic heterocycles. The second kappa shape index (κ2) is 8.60. The lowest BCUT2D eigenvalue weighted by Gasteiger charge is -2.16. The van der Waals surface area contributed by atoms with Gasteiger partial charge in [0.1, 0.15) is 10.6 Å². The second-order valence-corrected chi connectivity index (χ2v) is 10.2. The van der Waals surface area contributed by atoms with Gasteiger partial charge in [0.2, 0.25) is 0 Å². The van der Waals surface area contributed by atoms with Crippen molar-refractivity contribution >= 4 is 38.3 Å². The van der Waals surface area contributed by atoms with E-state index in [0.717, 1.165) is 47.8 Å². The van der Waals surface area contributed by atoms with Crippen LogP contribution in [0.15, 0.2) is 55.0 Å². The Bertz CT molecular complexity index is 1420. The highest BCUT2D eigenvalue weighted by Crippen LogP contribution is 2.39. The Balaban J connectivity index is 1.31. The first-order valence-corrected chi connectivity index (χ1v) is 12.6. The average molecular weight is 454 g/mol. The highest BCUT2D eigenvalue weighted by molar-refractivity contribution is 7.19. The summed E-state index contributed by atoms with van der Waals surface area (Å²) in [5.41, 5.74) is 5.05. The quantitative estimate of drug-likeness (QED) is 0.312. The van der Waals surface area contributed by atoms with Crippen molar-refractivity contribution in [3.05, 3.63) is 71.0 Å². The van der Waals surface area contributed by atoms with E-state index in [-0.39, 0.29) is 0 Å². The van der Waals surface area contributed by atoms with Crippen LogP contribution in [-0.2, 0) is 19.3 Å². The fourth-order valence-electron chi connectivity index (χ4n) is 4.93. The van der Waals surface area contributed by atoms with Gasteiger partial charge in [-0.05, 0) is 67.3 Å². The number of nitrogens with one attached hydrogen (secondary N) is 2. The third kappa shape index (κ3) is 3.89. The van der Waals surface area contributed by atoms with E-state index in [1.807, 2.05) is 23.5 Å². The van der Waals surface area contributed by atoms with Crippen LogP contribution in [0.25, 0.3) is 32.5 Å². The molecule has 0 radical (unpaired) electrons. The maximum absolute atomic E-state index is 5.02. The van der Waals surface area contributed by atoms with Gasteiger partial charge in [0.05, 0.1) is 5.39 Å². The first-order chi connectivity index (χ1) is 16.3. The maximum atomic E-state index is 5.02. The van der Waals surface area contributed by atoms with Crippen molar-refractivity contribution < 1.29 is 0 Å². The van der Waals surface area contributed by atoms with Crippen molar-refractivity contribution in [3.8, 4) is 11.4 Å². The molecule has 1 atom stereocenters. The summed E-state index contributed by atoms with van der Waals surface area (Å²) in [4.78, 5) is 20.1. The fraction of sp³-hybridized carbons (Fsp3) is 0.296. The Morgan fingerprint density at radius 2 is 1.91 bits per heavy atom. The molecule has 0 unspecified atom stereocenters. The van der Waals surface area contributed by atoms with Crippen LogP contribution >= 0.6 is 11.3 Å². The van der Waals surface area contributed by atoms with Crippen LogP contribution in [0.4, 0.5) is 5.82 Å². The Hall–Kier alpha value is -3.25. The van der Waals surface area contributed by atoms with Gasteiger partial charge in [0.15, 0.2) is 5.82 Å². The number of hydrogen-bond acceptors (Lipinski definition) is 5. The number of aromatic amines is 1. The van der Waals surface area contributed by atoms with E-state index in [2.05, 4.69) is 52.7 Å². The molecule has 5 aromatic rings. The number of H-pyrrole nitrogens is 1. The molecule has 5 nitrogen and oxygen atoms in total. The predicted octanol–water partition coefficient (Wildman–Crippen LogP) is 6.40. The number of aromatic nitrogens is 4. The van der Waals surface area contributed by atoms with Crippen LogP contribution in [0.5, 0.6) is 0 Å². The molecule has 166 valence electrons. The highest BCUT2D eigenvalue weighted by atomic mass is 32.1. The Morgan fingerprint density at radius 3 is 2.82 bits per heavy atom. The average Bonchev–Trinajstić information content (AvgIpc) is 3.44. The number of para-hydroxylation sites is 1. The first kappa shape index (κ1) is 20.4. The van der Waals surface area contributed by atoms with Crippen LogP contribution in [0.3, 0.4) is 0 Å². The molecule has 1 aliphatic rings. The smallest absolute Gasteiger partial charge is 0.163 e. The maximum Gasteiger partial charge on any atom is 0.163 e. The van der Waals surface area contributed by atoms with Crippen LogP contribution in [-0.4, -0.2) is 26.5 Å². The summed E-state index contributed by atoms with van der Waals surface area (Å²) < 4.78 is 0. The summed E-state index contributed by atoms with van der Waals surface area (Å²) in [5, 5.41) is 6.29. The van der Waals surface area contributed by atoms with Gasteiger partial charge in [-0.2, -0.15) is 0 Å². The summed E-state index contributed by atoms with van der Waals surface area (Å²) in [5.74, 6) is 2.22. The van der Waals surface area contributed by atoms with E-state index in [0.29, 0.717) is 5.92 Å². The first-order valence-electron chi connectivity index (χ1n) is 11.8. The zero-order chi connectivity index (χ0) is 22.2. The van der Waals surface area contributed by atoms with E-state index in [9.17, 15) is 0 Å². The lowest BCUT2D eigenvalue weighted by atomic mass is 9.96. The zero-order valence-corrected chi connectivity index (χ0v) is 19.6. The van der Waals surface area contributed by atoms with Gasteiger partial charge in [0, 0.05) is 46.5 Å². The molecule has 0 bridgehead atoms. The molecule has 0 spiro atoms. The monoisotopic (exact) mass is 453 g/mol. The number of benzene rings is 1. The van der Waals surface area contributed by atoms with Gasteiger partial charge in [-0.1, -0.05) is 25.1 Å². The summed E-state index contributed by atoms with van der Waals surface area (Å²) in [6, 6.07) is 12.5. The largest absolute Gasteiger partial charge is 0.369 e. The van der Waals surface area contributed by atoms with E-state index in [1.54, 1.807) is 12.4 Å². The molecule has 0 amide bonds. The third-order valence-electron chi connectivity index (χ3n) is 6.61. The van der Waals surface area contributed by atoms with Gasteiger partial charge in [0.25, 0.3) is 0 Å². The molecule has 0 fully saturated rings. The number of aryl methyl sites for hydroxylation is 2. The SMILES string of the molecule is C[C@@H](CNc1nc(-c2ccncc2)nc2sc3c(c12)CCCC3)Cc1c[nH]c2ccccc12. The normalized spacial score (nSPS) is 14.5. The predicted molar refractivity (Wildman–Crippen MR) is 137 cm³/mol. The topological polar surface area (TPSA) is 66.5 Å². The van der Waals surface area contributed by atoms with Crippen molar-refractivity contribution in [2.75, 3.05) is 11.9 Å². The number of nitrogens with zero attached hydrogens (tertiary/aromatic N) is 3. The minimum Gasteiger partial charge on any atom is -0.369 e. The molecule has 0 saturated carbocycles. The van der Waals surface area contributed by atoms with Gasteiger partial charge in [-0.3, -0.25) is 4.98 Å². The van der Waals surface area contributed by atoms with Crippen LogP contribution < -0.4 is 5.32 Å². The van der Waals surface area contributed by atoms with E-state index in [1.165, 1.54) is 45.1 Å². The van der Waals surface area contributed by atoms with Gasteiger partial charge in [-0.15, -0.1) is 11.3 Å². The number of rotatable bonds is 6. The van der Waals surface area contributed by atoms with Crippen molar-refractivity contribution in [2.24, 2.45) is 5.92 Å². The molecule has 1 aromatic carbocycles. The third-order valence-corrected chi connectivity index (χ3v) is 7.80. The molecule has 4 aromatic heterocycles. The molecule has 6 rings (SSSR count). The summed E-state index contributed by atoms with van der Waals surface area (Å²) >= 11 is 1.85. The number of thiophene rings is 1. The van der Waals surface area contributed by atoms with Gasteiger partial charge < -0.3 is 10.3 Å². The number of pyridine rings is 1. The Labute approximate surface area is 197 Å². The number of fused-ring (bicyclic) bond motifs is 4. The number of anilines is 1. The molecule has 1 aliphatic carbocycles. The minimum absolute atomic E-state index is 0.466. The van der Waals surface area contributed by atoms with Gasteiger partial charge >= 0.3 is 0 Å². The highest BCUT2D eigenvalue weighted by Gasteiger charge is 2.22. The van der Waals surface area contributed by atoms with Crippen molar-refractivity contribution in [1.29, 1.82) is 0 Å². The second-order valence-electron chi connectivity index (χ2n) is 9.07. The standard InChI is InChI=1S/C27H27N5S/c1-17(14-19-16-29-22-8-4-2-6-20(19)22)15-30-26-24-21-7-3-5-9-23(21)33-27(24)32-25(31-26)18-10-12-28-13-11-18/h2,4,6,8,10-13,16-17,29H,3,5,7,9,14-15H2,1H3,(H,30,31,32)/t17-/m1/s1. The molecular weight excluding hydrogens is 426 g/mol. The lowest BCUT2D eigenvalue weighted by Crippen LogP contribution is -2.15. The minimum atomic E-state index is 0.466. The summed E-state index contributed by atoms with van der Waals surface area (Å²) in [6.07, 6.45) is 11.6.